The number of fused-ring (bicyclic) bond motifs is 1. The van der Waals surface area contributed by atoms with Crippen LogP contribution in [0.3, 0.4) is 0 Å². The number of sulfonamides is 1. The quantitative estimate of drug-likeness (QED) is 0.471. The van der Waals surface area contributed by atoms with Crippen LogP contribution in [0.1, 0.15) is 5.82 Å². The number of benzene rings is 1. The summed E-state index contributed by atoms with van der Waals surface area (Å²) >= 11 is 0.935. The first-order valence-corrected chi connectivity index (χ1v) is 11.9. The van der Waals surface area contributed by atoms with Gasteiger partial charge in [-0.2, -0.15) is 31.2 Å². The van der Waals surface area contributed by atoms with E-state index in [2.05, 4.69) is 19.7 Å². The van der Waals surface area contributed by atoms with Crippen LogP contribution in [0, 0.1) is 0 Å². The third-order valence-corrected chi connectivity index (χ3v) is 7.90. The van der Waals surface area contributed by atoms with Gasteiger partial charge in [-0.15, -0.1) is 0 Å². The highest BCUT2D eigenvalue weighted by atomic mass is 32.2. The summed E-state index contributed by atoms with van der Waals surface area (Å²) in [6.07, 6.45) is -3.81. The number of halogens is 5. The number of ether oxygens (including phenoxy) is 1. The maximum Gasteiger partial charge on any atom is 0.451 e. The average molecular weight is 539 g/mol. The van der Waals surface area contributed by atoms with E-state index in [0.717, 1.165) is 46.1 Å². The topological polar surface area (TPSA) is 126 Å². The van der Waals surface area contributed by atoms with E-state index in [4.69, 9.17) is 0 Å². The summed E-state index contributed by atoms with van der Waals surface area (Å²) < 4.78 is 94.5. The van der Waals surface area contributed by atoms with Crippen LogP contribution in [-0.2, 0) is 21.0 Å². The lowest BCUT2D eigenvalue weighted by Crippen LogP contribution is -2.58. The van der Waals surface area contributed by atoms with Crippen molar-refractivity contribution in [2.75, 3.05) is 24.5 Å². The van der Waals surface area contributed by atoms with Crippen LogP contribution >= 0.6 is 11.3 Å². The summed E-state index contributed by atoms with van der Waals surface area (Å²) in [6, 6.07) is 2.51. The Bertz CT molecular complexity index is 1350. The van der Waals surface area contributed by atoms with Crippen LogP contribution in [0.5, 0.6) is 5.75 Å². The molecular weight excluding hydrogens is 525 g/mol. The fourth-order valence-electron chi connectivity index (χ4n) is 3.35. The third-order valence-electron chi connectivity index (χ3n) is 4.93. The Morgan fingerprint density at radius 3 is 2.46 bits per heavy atom. The minimum atomic E-state index is -4.77. The number of aromatic nitrogens is 3. The number of carboxylic acids is 1. The zero-order valence-electron chi connectivity index (χ0n) is 17.2. The number of hydrogen-bond donors (Lipinski definition) is 1. The standard InChI is InChI=1S/C18H14F5N5O5S2/c19-16(20)33-9-1-3-10(4-2-9)35(31,32)28-6-5-27(8-11(28)14(29)30)17-26-13-12(34-17)7-24-15(25-13)18(21,22)23/h1-4,7,11,16H,5-6,8H2,(H,29,30)/t11-/m1/s1. The van der Waals surface area contributed by atoms with E-state index in [9.17, 15) is 40.3 Å². The SMILES string of the molecule is O=C(O)[C@H]1CN(c2nc3nc(C(F)(F)F)ncc3s2)CCN1S(=O)(=O)c1ccc(OC(F)F)cc1. The molecular formula is C18H14F5N5O5S2. The molecule has 188 valence electrons. The second kappa shape index (κ2) is 9.12. The number of anilines is 1. The molecule has 0 radical (unpaired) electrons. The van der Waals surface area contributed by atoms with Crippen molar-refractivity contribution in [3.8, 4) is 5.75 Å². The molecule has 17 heteroatoms. The first-order valence-electron chi connectivity index (χ1n) is 9.61. The first-order chi connectivity index (χ1) is 16.4. The van der Waals surface area contributed by atoms with Gasteiger partial charge in [-0.25, -0.2) is 18.4 Å². The van der Waals surface area contributed by atoms with E-state index in [0.29, 0.717) is 0 Å². The molecule has 35 heavy (non-hydrogen) atoms. The van der Waals surface area contributed by atoms with E-state index >= 15 is 0 Å². The summed E-state index contributed by atoms with van der Waals surface area (Å²) in [5.41, 5.74) is -0.222. The number of hydrogen-bond acceptors (Lipinski definition) is 9. The zero-order chi connectivity index (χ0) is 25.5. The fourth-order valence-corrected chi connectivity index (χ4v) is 5.83. The number of carbonyl (C=O) groups is 1. The molecule has 1 fully saturated rings. The molecule has 0 bridgehead atoms. The fraction of sp³-hybridized carbons (Fsp3) is 0.333. The van der Waals surface area contributed by atoms with E-state index in [1.165, 1.54) is 4.90 Å². The second-order valence-electron chi connectivity index (χ2n) is 7.14. The predicted octanol–water partition coefficient (Wildman–Crippen LogP) is 2.67. The first kappa shape index (κ1) is 24.9. The smallest absolute Gasteiger partial charge is 0.451 e. The van der Waals surface area contributed by atoms with E-state index in [-0.39, 0.29) is 45.8 Å². The molecule has 0 amide bonds. The van der Waals surface area contributed by atoms with Crippen LogP contribution in [0.4, 0.5) is 27.1 Å². The molecule has 3 aromatic rings. The average Bonchev–Trinajstić information content (AvgIpc) is 3.21. The minimum Gasteiger partial charge on any atom is -0.480 e. The van der Waals surface area contributed by atoms with Crippen LogP contribution in [0.25, 0.3) is 10.3 Å². The van der Waals surface area contributed by atoms with Gasteiger partial charge in [-0.3, -0.25) is 4.79 Å². The number of alkyl halides is 5. The lowest BCUT2D eigenvalue weighted by Gasteiger charge is -2.38. The molecule has 0 aliphatic carbocycles. The van der Waals surface area contributed by atoms with Gasteiger partial charge in [0.2, 0.25) is 15.8 Å². The molecule has 2 aromatic heterocycles. The summed E-state index contributed by atoms with van der Waals surface area (Å²) in [4.78, 5) is 23.7. The van der Waals surface area contributed by atoms with Crippen molar-refractivity contribution in [1.82, 2.24) is 19.3 Å². The molecule has 1 saturated heterocycles. The normalized spacial score (nSPS) is 17.8. The molecule has 1 N–H and O–H groups in total. The Hall–Kier alpha value is -3.18. The Morgan fingerprint density at radius 2 is 1.86 bits per heavy atom. The van der Waals surface area contributed by atoms with Gasteiger partial charge in [0, 0.05) is 19.6 Å². The van der Waals surface area contributed by atoms with E-state index in [1.54, 1.807) is 0 Å². The lowest BCUT2D eigenvalue weighted by molar-refractivity contribution is -0.144. The molecule has 3 heterocycles. The van der Waals surface area contributed by atoms with Crippen LogP contribution in [-0.4, -0.2) is 71.0 Å². The Morgan fingerprint density at radius 1 is 1.17 bits per heavy atom. The summed E-state index contributed by atoms with van der Waals surface area (Å²) in [7, 11) is -4.34. The molecule has 1 atom stereocenters. The van der Waals surface area contributed by atoms with Gasteiger partial charge in [0.1, 0.15) is 11.8 Å². The van der Waals surface area contributed by atoms with Crippen LogP contribution in [0.15, 0.2) is 35.4 Å². The maximum absolute atomic E-state index is 13.1. The highest BCUT2D eigenvalue weighted by molar-refractivity contribution is 7.89. The lowest BCUT2D eigenvalue weighted by atomic mass is 10.2. The predicted molar refractivity (Wildman–Crippen MR) is 111 cm³/mol. The number of aliphatic carboxylic acids is 1. The molecule has 10 nitrogen and oxygen atoms in total. The Balaban J connectivity index is 1.58. The highest BCUT2D eigenvalue weighted by Crippen LogP contribution is 2.33. The number of thiazole rings is 1. The van der Waals surface area contributed by atoms with Crippen molar-refractivity contribution in [3.05, 3.63) is 36.3 Å². The van der Waals surface area contributed by atoms with Gasteiger partial charge in [0.05, 0.1) is 15.8 Å². The van der Waals surface area contributed by atoms with Gasteiger partial charge in [-0.1, -0.05) is 11.3 Å². The Kier molecular flexibility index (Phi) is 6.50. The molecule has 0 unspecified atom stereocenters. The van der Waals surface area contributed by atoms with Crippen molar-refractivity contribution < 1.29 is 45.0 Å². The molecule has 4 rings (SSSR count). The number of carboxylic acid groups (broad SMARTS) is 1. The largest absolute Gasteiger partial charge is 0.480 e. The molecule has 1 aromatic carbocycles. The zero-order valence-corrected chi connectivity index (χ0v) is 18.8. The van der Waals surface area contributed by atoms with Gasteiger partial charge in [0.25, 0.3) is 0 Å². The van der Waals surface area contributed by atoms with Crippen molar-refractivity contribution >= 4 is 42.8 Å². The van der Waals surface area contributed by atoms with Crippen LogP contribution < -0.4 is 9.64 Å². The van der Waals surface area contributed by atoms with Gasteiger partial charge in [-0.05, 0) is 24.3 Å². The van der Waals surface area contributed by atoms with Crippen molar-refractivity contribution in [2.24, 2.45) is 0 Å². The number of rotatable bonds is 6. The minimum absolute atomic E-state index is 0.0189. The van der Waals surface area contributed by atoms with Crippen molar-refractivity contribution in [2.45, 2.75) is 23.7 Å². The summed E-state index contributed by atoms with van der Waals surface area (Å²) in [5, 5.41) is 9.85. The molecule has 0 saturated carbocycles. The Labute approximate surface area is 197 Å². The summed E-state index contributed by atoms with van der Waals surface area (Å²) in [6.45, 7) is -3.75. The van der Waals surface area contributed by atoms with E-state index in [1.807, 2.05) is 0 Å². The van der Waals surface area contributed by atoms with Crippen molar-refractivity contribution in [3.63, 3.8) is 0 Å². The number of piperazine rings is 1. The second-order valence-corrected chi connectivity index (χ2v) is 10.0. The van der Waals surface area contributed by atoms with Crippen LogP contribution in [0.2, 0.25) is 0 Å². The third kappa shape index (κ3) is 5.10. The van der Waals surface area contributed by atoms with Crippen molar-refractivity contribution in [1.29, 1.82) is 0 Å². The van der Waals surface area contributed by atoms with Gasteiger partial charge < -0.3 is 14.7 Å². The highest BCUT2D eigenvalue weighted by Gasteiger charge is 2.41. The monoisotopic (exact) mass is 539 g/mol. The van der Waals surface area contributed by atoms with Gasteiger partial charge in [0.15, 0.2) is 10.8 Å². The van der Waals surface area contributed by atoms with Gasteiger partial charge >= 0.3 is 18.8 Å². The molecule has 1 aliphatic rings. The molecule has 0 spiro atoms. The number of nitrogens with zero attached hydrogens (tertiary/aromatic N) is 5. The summed E-state index contributed by atoms with van der Waals surface area (Å²) in [5.74, 6) is -3.10. The van der Waals surface area contributed by atoms with E-state index < -0.39 is 40.6 Å². The molecule has 1 aliphatic heterocycles. The maximum atomic E-state index is 13.1.